The SMILES string of the molecule is COCCOC(=O)OC1=C(C)NC(C)=C(OC(=O)OCCCl)C1c1cccc([N+](=O)[O-])c1. The number of halogens is 1. The Morgan fingerprint density at radius 1 is 1.06 bits per heavy atom. The third-order valence-electron chi connectivity index (χ3n) is 4.24. The Bertz CT molecular complexity index is 929. The van der Waals surface area contributed by atoms with Gasteiger partial charge in [0.2, 0.25) is 0 Å². The van der Waals surface area contributed by atoms with Gasteiger partial charge in [-0.1, -0.05) is 12.1 Å². The lowest BCUT2D eigenvalue weighted by Gasteiger charge is -2.30. The molecule has 1 atom stereocenters. The molecule has 1 aliphatic heterocycles. The van der Waals surface area contributed by atoms with Crippen LogP contribution in [0, 0.1) is 10.1 Å². The van der Waals surface area contributed by atoms with Crippen molar-refractivity contribution in [2.45, 2.75) is 19.8 Å². The maximum absolute atomic E-state index is 12.2. The summed E-state index contributed by atoms with van der Waals surface area (Å²) in [5.74, 6) is -0.830. The number of alkyl halides is 1. The third kappa shape index (κ3) is 6.59. The van der Waals surface area contributed by atoms with Gasteiger partial charge in [-0.2, -0.15) is 0 Å². The van der Waals surface area contributed by atoms with Crippen molar-refractivity contribution in [1.29, 1.82) is 0 Å². The molecule has 1 unspecified atom stereocenters. The highest BCUT2D eigenvalue weighted by Gasteiger charge is 2.36. The van der Waals surface area contributed by atoms with Gasteiger partial charge in [0.25, 0.3) is 5.69 Å². The number of nitro groups is 1. The van der Waals surface area contributed by atoms with Gasteiger partial charge in [0.15, 0.2) is 0 Å². The topological polar surface area (TPSA) is 135 Å². The van der Waals surface area contributed by atoms with Crippen molar-refractivity contribution >= 4 is 29.6 Å². The lowest BCUT2D eigenvalue weighted by atomic mass is 9.90. The maximum atomic E-state index is 12.2. The van der Waals surface area contributed by atoms with Crippen LogP contribution in [0.3, 0.4) is 0 Å². The number of allylic oxidation sites excluding steroid dienone is 2. The van der Waals surface area contributed by atoms with Crippen LogP contribution in [0.2, 0.25) is 0 Å². The highest BCUT2D eigenvalue weighted by Crippen LogP contribution is 2.40. The number of nitrogens with zero attached hydrogens (tertiary/aromatic N) is 1. The lowest BCUT2D eigenvalue weighted by molar-refractivity contribution is -0.384. The van der Waals surface area contributed by atoms with Crippen molar-refractivity contribution in [3.63, 3.8) is 0 Å². The van der Waals surface area contributed by atoms with Crippen LogP contribution in [-0.2, 0) is 23.7 Å². The van der Waals surface area contributed by atoms with Crippen LogP contribution in [0.5, 0.6) is 0 Å². The zero-order valence-corrected chi connectivity index (χ0v) is 18.5. The molecule has 1 aromatic carbocycles. The van der Waals surface area contributed by atoms with Crippen molar-refractivity contribution in [2.24, 2.45) is 0 Å². The average Bonchev–Trinajstić information content (AvgIpc) is 2.75. The Hall–Kier alpha value is -3.31. The molecule has 0 saturated heterocycles. The number of nitrogens with one attached hydrogen (secondary N) is 1. The van der Waals surface area contributed by atoms with Crippen LogP contribution in [0.25, 0.3) is 0 Å². The number of rotatable bonds is 9. The van der Waals surface area contributed by atoms with E-state index < -0.39 is 23.2 Å². The van der Waals surface area contributed by atoms with E-state index in [0.29, 0.717) is 17.0 Å². The van der Waals surface area contributed by atoms with E-state index in [1.165, 1.54) is 25.3 Å². The Balaban J connectivity index is 2.45. The fourth-order valence-corrected chi connectivity index (χ4v) is 2.99. The number of dihydropyridines is 1. The number of non-ortho nitro benzene ring substituents is 1. The Kier molecular flexibility index (Phi) is 9.29. The van der Waals surface area contributed by atoms with Crippen LogP contribution >= 0.6 is 11.6 Å². The summed E-state index contributed by atoms with van der Waals surface area (Å²) in [5.41, 5.74) is 0.993. The largest absolute Gasteiger partial charge is 0.513 e. The molecule has 32 heavy (non-hydrogen) atoms. The number of hydrogen-bond acceptors (Lipinski definition) is 10. The molecule has 174 valence electrons. The van der Waals surface area contributed by atoms with Gasteiger partial charge in [-0.05, 0) is 19.4 Å². The van der Waals surface area contributed by atoms with Crippen LogP contribution in [0.1, 0.15) is 25.3 Å². The first-order valence-electron chi connectivity index (χ1n) is 9.45. The summed E-state index contributed by atoms with van der Waals surface area (Å²) < 4.78 is 25.4. The summed E-state index contributed by atoms with van der Waals surface area (Å²) in [7, 11) is 1.45. The first-order valence-corrected chi connectivity index (χ1v) is 9.99. The van der Waals surface area contributed by atoms with Crippen LogP contribution in [-0.4, -0.2) is 50.0 Å². The first kappa shape index (κ1) is 25.0. The summed E-state index contributed by atoms with van der Waals surface area (Å²) in [6.45, 7) is 3.31. The minimum atomic E-state index is -1.03. The second kappa shape index (κ2) is 11.9. The molecular formula is C20H23ClN2O9. The summed E-state index contributed by atoms with van der Waals surface area (Å²) in [5, 5.41) is 14.2. The second-order valence-electron chi connectivity index (χ2n) is 6.47. The molecule has 1 heterocycles. The van der Waals surface area contributed by atoms with Gasteiger partial charge in [0.05, 0.1) is 28.8 Å². The van der Waals surface area contributed by atoms with Gasteiger partial charge in [-0.25, -0.2) is 9.59 Å². The van der Waals surface area contributed by atoms with Gasteiger partial charge in [0.1, 0.15) is 30.6 Å². The smallest absolute Gasteiger partial charge is 0.433 e. The summed E-state index contributed by atoms with van der Waals surface area (Å²) >= 11 is 5.53. The monoisotopic (exact) mass is 470 g/mol. The van der Waals surface area contributed by atoms with Crippen LogP contribution < -0.4 is 5.32 Å². The Morgan fingerprint density at radius 3 is 2.19 bits per heavy atom. The molecule has 0 amide bonds. The molecule has 11 nitrogen and oxygen atoms in total. The Labute approximate surface area is 189 Å². The Morgan fingerprint density at radius 2 is 1.66 bits per heavy atom. The van der Waals surface area contributed by atoms with Gasteiger partial charge in [0, 0.05) is 19.2 Å². The van der Waals surface area contributed by atoms with Crippen LogP contribution in [0.15, 0.2) is 47.2 Å². The number of carbonyl (C=O) groups is 2. The quantitative estimate of drug-likeness (QED) is 0.186. The minimum Gasteiger partial charge on any atom is -0.433 e. The maximum Gasteiger partial charge on any atom is 0.513 e. The summed E-state index contributed by atoms with van der Waals surface area (Å²) in [6, 6.07) is 5.66. The van der Waals surface area contributed by atoms with E-state index in [9.17, 15) is 19.7 Å². The average molecular weight is 471 g/mol. The number of methoxy groups -OCH3 is 1. The normalized spacial score (nSPS) is 15.7. The van der Waals surface area contributed by atoms with Gasteiger partial charge < -0.3 is 29.0 Å². The van der Waals surface area contributed by atoms with E-state index in [1.54, 1.807) is 19.9 Å². The van der Waals surface area contributed by atoms with E-state index >= 15 is 0 Å². The van der Waals surface area contributed by atoms with E-state index in [1.807, 2.05) is 0 Å². The summed E-state index contributed by atoms with van der Waals surface area (Å²) in [6.07, 6.45) is -2.05. The predicted molar refractivity (Wildman–Crippen MR) is 112 cm³/mol. The lowest BCUT2D eigenvalue weighted by Crippen LogP contribution is -2.29. The number of ether oxygens (including phenoxy) is 5. The van der Waals surface area contributed by atoms with E-state index in [2.05, 4.69) is 5.32 Å². The molecule has 0 aromatic heterocycles. The molecule has 12 heteroatoms. The molecule has 0 aliphatic carbocycles. The zero-order valence-electron chi connectivity index (χ0n) is 17.7. The third-order valence-corrected chi connectivity index (χ3v) is 4.40. The molecule has 0 bridgehead atoms. The fraction of sp³-hybridized carbons (Fsp3) is 0.400. The first-order chi connectivity index (χ1) is 15.3. The molecule has 0 spiro atoms. The fourth-order valence-electron chi connectivity index (χ4n) is 2.92. The standard InChI is InChI=1S/C20H23ClN2O9/c1-12-17(31-19(24)29-8-7-21)16(14-5-4-6-15(11-14)23(26)27)18(13(2)22-12)32-20(25)30-10-9-28-3/h4-6,11,16,22H,7-10H2,1-3H3. The van der Waals surface area contributed by atoms with Crippen molar-refractivity contribution in [2.75, 3.05) is 32.8 Å². The van der Waals surface area contributed by atoms with E-state index in [0.717, 1.165) is 0 Å². The molecule has 1 N–H and O–H groups in total. The predicted octanol–water partition coefficient (Wildman–Crippen LogP) is 3.94. The number of carbonyl (C=O) groups excluding carboxylic acids is 2. The van der Waals surface area contributed by atoms with Crippen molar-refractivity contribution < 1.29 is 38.2 Å². The zero-order chi connectivity index (χ0) is 23.7. The molecule has 0 fully saturated rings. The molecule has 1 aliphatic rings. The molecule has 0 radical (unpaired) electrons. The van der Waals surface area contributed by atoms with Gasteiger partial charge >= 0.3 is 12.3 Å². The van der Waals surface area contributed by atoms with Crippen molar-refractivity contribution in [3.8, 4) is 0 Å². The molecule has 2 rings (SSSR count). The molecule has 0 saturated carbocycles. The highest BCUT2D eigenvalue weighted by molar-refractivity contribution is 6.18. The van der Waals surface area contributed by atoms with E-state index in [-0.39, 0.29) is 42.9 Å². The van der Waals surface area contributed by atoms with Crippen molar-refractivity contribution in [1.82, 2.24) is 5.32 Å². The second-order valence-corrected chi connectivity index (χ2v) is 6.85. The number of benzene rings is 1. The van der Waals surface area contributed by atoms with Crippen molar-refractivity contribution in [3.05, 3.63) is 62.9 Å². The van der Waals surface area contributed by atoms with Crippen LogP contribution in [0.4, 0.5) is 15.3 Å². The van der Waals surface area contributed by atoms with Gasteiger partial charge in [-0.15, -0.1) is 11.6 Å². The highest BCUT2D eigenvalue weighted by atomic mass is 35.5. The minimum absolute atomic E-state index is 0.0374. The summed E-state index contributed by atoms with van der Waals surface area (Å²) in [4.78, 5) is 35.0. The van der Waals surface area contributed by atoms with Gasteiger partial charge in [-0.3, -0.25) is 10.1 Å². The van der Waals surface area contributed by atoms with E-state index in [4.69, 9.17) is 35.3 Å². The number of hydrogen-bond donors (Lipinski definition) is 1. The molecule has 1 aromatic rings. The molecular weight excluding hydrogens is 448 g/mol. The number of nitro benzene ring substituents is 1.